The van der Waals surface area contributed by atoms with Gasteiger partial charge in [-0.05, 0) is 17.3 Å². The minimum absolute atomic E-state index is 0.137. The van der Waals surface area contributed by atoms with E-state index >= 15 is 0 Å². The Bertz CT molecular complexity index is 503. The third-order valence-electron chi connectivity index (χ3n) is 1.89. The lowest BCUT2D eigenvalue weighted by Crippen LogP contribution is -2.44. The molecule has 0 unspecified atom stereocenters. The summed E-state index contributed by atoms with van der Waals surface area (Å²) in [4.78, 5) is 35.9. The summed E-state index contributed by atoms with van der Waals surface area (Å²) in [5.74, 6) is 10.1. The average molecular weight is 254 g/mol. The first-order valence-corrected chi connectivity index (χ1v) is 4.41. The minimum Gasteiger partial charge on any atom is -0.350 e. The number of aromatic nitrogens is 1. The molecule has 96 valence electrons. The molecule has 1 aromatic rings. The van der Waals surface area contributed by atoms with Crippen LogP contribution in [0.4, 0.5) is 26.9 Å². The van der Waals surface area contributed by atoms with Crippen LogP contribution >= 0.6 is 0 Å². The van der Waals surface area contributed by atoms with E-state index in [-0.39, 0.29) is 17.3 Å². The molecule has 0 aliphatic heterocycles. The largest absolute Gasteiger partial charge is 0.350 e. The van der Waals surface area contributed by atoms with Gasteiger partial charge in [-0.25, -0.2) is 36.3 Å². The Morgan fingerprint density at radius 1 is 1.11 bits per heavy atom. The topological polar surface area (TPSA) is 187 Å². The standard InChI is InChI=1S/C7H10N8O3/c8-6(16)14(10)4-2-1-3(13-18)5(12-4)15(11)7(9)17/h1-2H,10-11H2,(H2,8,16)(H2,9,17). The molecule has 0 fully saturated rings. The van der Waals surface area contributed by atoms with Gasteiger partial charge in [0.25, 0.3) is 0 Å². The molecule has 8 N–H and O–H groups in total. The van der Waals surface area contributed by atoms with Gasteiger partial charge in [0.15, 0.2) is 17.3 Å². The number of hydrogen-bond acceptors (Lipinski definition) is 7. The predicted octanol–water partition coefficient (Wildman–Crippen LogP) is -1.00. The van der Waals surface area contributed by atoms with Crippen molar-refractivity contribution in [3.63, 3.8) is 0 Å². The molecule has 0 aromatic carbocycles. The Labute approximate surface area is 100 Å². The number of carbonyl (C=O) groups excluding carboxylic acids is 2. The number of amides is 4. The van der Waals surface area contributed by atoms with E-state index in [4.69, 9.17) is 23.2 Å². The first kappa shape index (κ1) is 13.3. The highest BCUT2D eigenvalue weighted by atomic mass is 16.3. The van der Waals surface area contributed by atoms with Crippen LogP contribution in [0.5, 0.6) is 0 Å². The van der Waals surface area contributed by atoms with Gasteiger partial charge in [-0.15, -0.1) is 4.91 Å². The van der Waals surface area contributed by atoms with Gasteiger partial charge in [-0.3, -0.25) is 0 Å². The Kier molecular flexibility index (Phi) is 3.71. The Morgan fingerprint density at radius 3 is 2.11 bits per heavy atom. The van der Waals surface area contributed by atoms with Crippen LogP contribution in [0.15, 0.2) is 17.3 Å². The van der Waals surface area contributed by atoms with Crippen LogP contribution in [0.3, 0.4) is 0 Å². The molecule has 11 nitrogen and oxygen atoms in total. The average Bonchev–Trinajstić information content (AvgIpc) is 2.35. The molecule has 1 aromatic heterocycles. The van der Waals surface area contributed by atoms with Gasteiger partial charge in [0.2, 0.25) is 0 Å². The number of hydrogen-bond donors (Lipinski definition) is 4. The maximum Gasteiger partial charge on any atom is 0.335 e. The third-order valence-corrected chi connectivity index (χ3v) is 1.89. The van der Waals surface area contributed by atoms with Crippen LogP contribution in [0.1, 0.15) is 0 Å². The first-order chi connectivity index (χ1) is 8.38. The zero-order chi connectivity index (χ0) is 13.9. The Morgan fingerprint density at radius 2 is 1.67 bits per heavy atom. The van der Waals surface area contributed by atoms with Gasteiger partial charge in [0, 0.05) is 0 Å². The van der Waals surface area contributed by atoms with Crippen molar-refractivity contribution < 1.29 is 9.59 Å². The molecule has 0 spiro atoms. The number of nitrogens with zero attached hydrogens (tertiary/aromatic N) is 4. The highest BCUT2D eigenvalue weighted by molar-refractivity contribution is 5.93. The lowest BCUT2D eigenvalue weighted by molar-refractivity contribution is 0.253. The van der Waals surface area contributed by atoms with E-state index in [1.165, 1.54) is 6.07 Å². The van der Waals surface area contributed by atoms with Gasteiger partial charge in [-0.1, -0.05) is 0 Å². The number of hydrazine groups is 2. The Balaban J connectivity index is 3.29. The molecule has 1 heterocycles. The molecule has 1 rings (SSSR count). The van der Waals surface area contributed by atoms with Crippen LogP contribution in [0, 0.1) is 4.91 Å². The molecule has 0 aliphatic carbocycles. The van der Waals surface area contributed by atoms with Gasteiger partial charge in [0.1, 0.15) is 0 Å². The number of nitroso groups, excluding NO2 is 1. The summed E-state index contributed by atoms with van der Waals surface area (Å²) in [5, 5.41) is 3.48. The fraction of sp³-hybridized carbons (Fsp3) is 0. The molecule has 18 heavy (non-hydrogen) atoms. The highest BCUT2D eigenvalue weighted by Crippen LogP contribution is 2.27. The van der Waals surface area contributed by atoms with Crippen molar-refractivity contribution in [2.24, 2.45) is 28.3 Å². The Hall–Kier alpha value is -2.79. The number of pyridine rings is 1. The maximum absolute atomic E-state index is 10.9. The third kappa shape index (κ3) is 2.47. The van der Waals surface area contributed by atoms with E-state index in [0.29, 0.717) is 10.0 Å². The molecule has 0 aliphatic rings. The predicted molar refractivity (Wildman–Crippen MR) is 62.2 cm³/mol. The van der Waals surface area contributed by atoms with Crippen LogP contribution in [-0.2, 0) is 0 Å². The molecule has 0 atom stereocenters. The number of anilines is 2. The monoisotopic (exact) mass is 254 g/mol. The quantitative estimate of drug-likeness (QED) is 0.231. The van der Waals surface area contributed by atoms with Crippen molar-refractivity contribution >= 4 is 29.4 Å². The zero-order valence-corrected chi connectivity index (χ0v) is 8.98. The maximum atomic E-state index is 10.9. The van der Waals surface area contributed by atoms with Crippen molar-refractivity contribution in [3.05, 3.63) is 17.0 Å². The number of rotatable bonds is 3. The van der Waals surface area contributed by atoms with Crippen molar-refractivity contribution in [2.75, 3.05) is 10.0 Å². The summed E-state index contributed by atoms with van der Waals surface area (Å²) in [6, 6.07) is 0.269. The van der Waals surface area contributed by atoms with E-state index < -0.39 is 12.1 Å². The number of primary amides is 2. The van der Waals surface area contributed by atoms with Gasteiger partial charge < -0.3 is 11.5 Å². The van der Waals surface area contributed by atoms with Crippen molar-refractivity contribution in [2.45, 2.75) is 0 Å². The summed E-state index contributed by atoms with van der Waals surface area (Å²) in [7, 11) is 0. The molecule has 0 bridgehead atoms. The minimum atomic E-state index is -1.08. The smallest absolute Gasteiger partial charge is 0.335 e. The number of carbonyl (C=O) groups is 2. The molecule has 4 amide bonds. The summed E-state index contributed by atoms with van der Waals surface area (Å²) in [6.45, 7) is 0. The number of nitrogens with two attached hydrogens (primary N) is 4. The SMILES string of the molecule is NC(=O)N(N)c1ccc(N=O)c(N(N)C(N)=O)n1. The van der Waals surface area contributed by atoms with Crippen LogP contribution in [0.2, 0.25) is 0 Å². The van der Waals surface area contributed by atoms with Gasteiger partial charge >= 0.3 is 12.1 Å². The van der Waals surface area contributed by atoms with Gasteiger partial charge in [-0.2, -0.15) is 0 Å². The van der Waals surface area contributed by atoms with Crippen molar-refractivity contribution in [3.8, 4) is 0 Å². The normalized spacial score (nSPS) is 9.67. The zero-order valence-electron chi connectivity index (χ0n) is 8.98. The van der Waals surface area contributed by atoms with Crippen molar-refractivity contribution in [1.82, 2.24) is 4.98 Å². The van der Waals surface area contributed by atoms with E-state index in [2.05, 4.69) is 10.2 Å². The van der Waals surface area contributed by atoms with E-state index in [1.54, 1.807) is 0 Å². The van der Waals surface area contributed by atoms with Crippen LogP contribution < -0.4 is 33.2 Å². The second-order valence-electron chi connectivity index (χ2n) is 3.02. The van der Waals surface area contributed by atoms with Crippen LogP contribution in [-0.4, -0.2) is 17.0 Å². The lowest BCUT2D eigenvalue weighted by Gasteiger charge is -2.17. The fourth-order valence-electron chi connectivity index (χ4n) is 1.03. The summed E-state index contributed by atoms with van der Waals surface area (Å²) in [5.41, 5.74) is 9.59. The van der Waals surface area contributed by atoms with E-state index in [1.807, 2.05) is 0 Å². The molecular formula is C7H10N8O3. The van der Waals surface area contributed by atoms with Crippen LogP contribution in [0.25, 0.3) is 0 Å². The molecular weight excluding hydrogens is 244 g/mol. The summed E-state index contributed by atoms with van der Waals surface area (Å²) in [6.07, 6.45) is 0. The molecule has 0 saturated carbocycles. The molecule has 11 heteroatoms. The molecule has 0 saturated heterocycles. The van der Waals surface area contributed by atoms with Crippen molar-refractivity contribution in [1.29, 1.82) is 0 Å². The van der Waals surface area contributed by atoms with E-state index in [9.17, 15) is 14.5 Å². The van der Waals surface area contributed by atoms with E-state index in [0.717, 1.165) is 6.07 Å². The highest BCUT2D eigenvalue weighted by Gasteiger charge is 2.18. The summed E-state index contributed by atoms with van der Waals surface area (Å²) >= 11 is 0. The second kappa shape index (κ2) is 5.03. The van der Waals surface area contributed by atoms with Gasteiger partial charge in [0.05, 0.1) is 0 Å². The fourth-order valence-corrected chi connectivity index (χ4v) is 1.03. The summed E-state index contributed by atoms with van der Waals surface area (Å²) < 4.78 is 0. The first-order valence-electron chi connectivity index (χ1n) is 4.41. The molecule has 0 radical (unpaired) electrons. The second-order valence-corrected chi connectivity index (χ2v) is 3.02. The number of urea groups is 2. The lowest BCUT2D eigenvalue weighted by atomic mass is 10.3.